The Labute approximate surface area is 128 Å². The number of methoxy groups -OCH3 is 1. The van der Waals surface area contributed by atoms with Crippen LogP contribution in [0.4, 0.5) is 0 Å². The number of nitrogens with one attached hydrogen (secondary N) is 1. The Morgan fingerprint density at radius 3 is 2.85 bits per heavy atom. The van der Waals surface area contributed by atoms with Crippen LogP contribution in [0.25, 0.3) is 0 Å². The molecule has 0 radical (unpaired) electrons. The van der Waals surface area contributed by atoms with Crippen molar-refractivity contribution in [1.82, 2.24) is 15.1 Å². The largest absolute Gasteiger partial charge is 0.493 e. The van der Waals surface area contributed by atoms with E-state index in [1.165, 1.54) is 11.1 Å². The van der Waals surface area contributed by atoms with Gasteiger partial charge in [0.25, 0.3) is 0 Å². The lowest BCUT2D eigenvalue weighted by atomic mass is 9.98. The monoisotopic (exact) mass is 337 g/mol. The van der Waals surface area contributed by atoms with Gasteiger partial charge in [-0.1, -0.05) is 35.0 Å². The maximum atomic E-state index is 5.45. The van der Waals surface area contributed by atoms with Gasteiger partial charge in [-0.05, 0) is 30.7 Å². The minimum absolute atomic E-state index is 0.0555. The van der Waals surface area contributed by atoms with Crippen LogP contribution in [0.1, 0.15) is 29.8 Å². The molecule has 0 spiro atoms. The first kappa shape index (κ1) is 15.1. The molecule has 0 aliphatic carbocycles. The highest BCUT2D eigenvalue weighted by Gasteiger charge is 2.23. The van der Waals surface area contributed by atoms with Crippen molar-refractivity contribution < 1.29 is 4.74 Å². The fourth-order valence-corrected chi connectivity index (χ4v) is 2.79. The van der Waals surface area contributed by atoms with E-state index in [9.17, 15) is 0 Å². The maximum Gasteiger partial charge on any atom is 0.161 e. The van der Waals surface area contributed by atoms with Gasteiger partial charge in [-0.15, -0.1) is 0 Å². The van der Waals surface area contributed by atoms with Crippen LogP contribution >= 0.6 is 15.9 Å². The Morgan fingerprint density at radius 1 is 1.45 bits per heavy atom. The normalized spacial score (nSPS) is 12.4. The Hall–Kier alpha value is -1.33. The zero-order valence-corrected chi connectivity index (χ0v) is 13.9. The third kappa shape index (κ3) is 2.74. The molecule has 0 aliphatic heterocycles. The fourth-order valence-electron chi connectivity index (χ4n) is 2.41. The number of hydrogen-bond acceptors (Lipinski definition) is 3. The van der Waals surface area contributed by atoms with Crippen LogP contribution in [-0.2, 0) is 7.05 Å². The quantitative estimate of drug-likeness (QED) is 0.910. The summed E-state index contributed by atoms with van der Waals surface area (Å²) in [4.78, 5) is 0. The van der Waals surface area contributed by atoms with Gasteiger partial charge in [0, 0.05) is 11.5 Å². The molecule has 108 valence electrons. The van der Waals surface area contributed by atoms with Gasteiger partial charge in [-0.3, -0.25) is 4.68 Å². The number of halogens is 1. The number of rotatable bonds is 5. The molecule has 20 heavy (non-hydrogen) atoms. The summed E-state index contributed by atoms with van der Waals surface area (Å²) in [7, 11) is 3.62. The summed E-state index contributed by atoms with van der Waals surface area (Å²) < 4.78 is 8.43. The molecule has 0 saturated carbocycles. The van der Waals surface area contributed by atoms with Crippen LogP contribution in [0, 0.1) is 6.92 Å². The average Bonchev–Trinajstić information content (AvgIpc) is 2.81. The van der Waals surface area contributed by atoms with Gasteiger partial charge in [0.1, 0.15) is 5.69 Å². The number of aromatic nitrogens is 2. The third-order valence-electron chi connectivity index (χ3n) is 3.47. The highest BCUT2D eigenvalue weighted by atomic mass is 79.9. The van der Waals surface area contributed by atoms with Crippen molar-refractivity contribution in [3.63, 3.8) is 0 Å². The van der Waals surface area contributed by atoms with Crippen molar-refractivity contribution in [3.8, 4) is 5.75 Å². The van der Waals surface area contributed by atoms with E-state index in [1.807, 2.05) is 11.7 Å². The van der Waals surface area contributed by atoms with Crippen molar-refractivity contribution >= 4 is 15.9 Å². The summed E-state index contributed by atoms with van der Waals surface area (Å²) in [5, 5.41) is 7.83. The number of hydrogen-bond donors (Lipinski definition) is 1. The fraction of sp³-hybridized carbons (Fsp3) is 0.400. The first-order valence-corrected chi connectivity index (χ1v) is 7.43. The van der Waals surface area contributed by atoms with E-state index < -0.39 is 0 Å². The van der Waals surface area contributed by atoms with E-state index in [1.54, 1.807) is 13.3 Å². The Bertz CT molecular complexity index is 595. The lowest BCUT2D eigenvalue weighted by Gasteiger charge is -2.22. The second kappa shape index (κ2) is 6.41. The minimum Gasteiger partial charge on any atom is -0.493 e. The highest BCUT2D eigenvalue weighted by Crippen LogP contribution is 2.33. The Kier molecular flexibility index (Phi) is 4.83. The topological polar surface area (TPSA) is 39.1 Å². The molecule has 1 atom stereocenters. The van der Waals surface area contributed by atoms with Crippen molar-refractivity contribution in [3.05, 3.63) is 45.7 Å². The second-order valence-electron chi connectivity index (χ2n) is 4.67. The smallest absolute Gasteiger partial charge is 0.161 e. The average molecular weight is 338 g/mol. The summed E-state index contributed by atoms with van der Waals surface area (Å²) in [5.74, 6) is 0.804. The van der Waals surface area contributed by atoms with E-state index in [0.29, 0.717) is 0 Å². The van der Waals surface area contributed by atoms with E-state index in [4.69, 9.17) is 4.74 Å². The summed E-state index contributed by atoms with van der Waals surface area (Å²) in [6, 6.07) is 6.31. The zero-order valence-electron chi connectivity index (χ0n) is 12.3. The number of benzene rings is 1. The second-order valence-corrected chi connectivity index (χ2v) is 5.52. The molecule has 1 N–H and O–H groups in total. The predicted molar refractivity (Wildman–Crippen MR) is 84.2 cm³/mol. The minimum atomic E-state index is 0.0555. The molecule has 0 fully saturated rings. The summed E-state index contributed by atoms with van der Waals surface area (Å²) in [6.07, 6.45) is 1.76. The molecule has 4 nitrogen and oxygen atoms in total. The molecule has 1 unspecified atom stereocenters. The standard InChI is InChI=1S/C15H20BrN3O/c1-5-17-14(11-7-6-8-12(16)10(11)2)15-13(20-4)9-18-19(15)3/h6-9,14,17H,5H2,1-4H3. The van der Waals surface area contributed by atoms with E-state index in [2.05, 4.69) is 58.4 Å². The molecule has 0 saturated heterocycles. The molecule has 0 bridgehead atoms. The summed E-state index contributed by atoms with van der Waals surface area (Å²) in [6.45, 7) is 5.08. The van der Waals surface area contributed by atoms with Crippen molar-refractivity contribution in [2.45, 2.75) is 19.9 Å². The molecule has 5 heteroatoms. The third-order valence-corrected chi connectivity index (χ3v) is 4.33. The van der Waals surface area contributed by atoms with Gasteiger partial charge in [0.2, 0.25) is 0 Å². The van der Waals surface area contributed by atoms with Gasteiger partial charge in [-0.2, -0.15) is 5.10 Å². The van der Waals surface area contributed by atoms with Crippen LogP contribution in [0.2, 0.25) is 0 Å². The molecule has 2 aromatic rings. The molecule has 0 amide bonds. The summed E-state index contributed by atoms with van der Waals surface area (Å²) >= 11 is 3.60. The molecule has 1 heterocycles. The SMILES string of the molecule is CCNC(c1cccc(Br)c1C)c1c(OC)cnn1C. The molecular weight excluding hydrogens is 318 g/mol. The molecule has 1 aromatic heterocycles. The van der Waals surface area contributed by atoms with Gasteiger partial charge >= 0.3 is 0 Å². The van der Waals surface area contributed by atoms with Crippen molar-refractivity contribution in [2.24, 2.45) is 7.05 Å². The van der Waals surface area contributed by atoms with Crippen molar-refractivity contribution in [1.29, 1.82) is 0 Å². The highest BCUT2D eigenvalue weighted by molar-refractivity contribution is 9.10. The Morgan fingerprint density at radius 2 is 2.20 bits per heavy atom. The van der Waals surface area contributed by atoms with Gasteiger partial charge in [0.15, 0.2) is 5.75 Å². The molecule has 2 rings (SSSR count). The van der Waals surface area contributed by atoms with Crippen LogP contribution in [0.3, 0.4) is 0 Å². The van der Waals surface area contributed by atoms with E-state index in [-0.39, 0.29) is 6.04 Å². The van der Waals surface area contributed by atoms with Crippen LogP contribution in [0.5, 0.6) is 5.75 Å². The Balaban J connectivity index is 2.56. The molecule has 0 aliphatic rings. The van der Waals surface area contributed by atoms with Crippen LogP contribution in [-0.4, -0.2) is 23.4 Å². The number of aryl methyl sites for hydroxylation is 1. The summed E-state index contributed by atoms with van der Waals surface area (Å²) in [5.41, 5.74) is 3.49. The van der Waals surface area contributed by atoms with Crippen molar-refractivity contribution in [2.75, 3.05) is 13.7 Å². The van der Waals surface area contributed by atoms with E-state index in [0.717, 1.165) is 22.5 Å². The lowest BCUT2D eigenvalue weighted by Crippen LogP contribution is -2.25. The zero-order chi connectivity index (χ0) is 14.7. The number of nitrogens with zero attached hydrogens (tertiary/aromatic N) is 2. The maximum absolute atomic E-state index is 5.45. The van der Waals surface area contributed by atoms with Crippen LogP contribution < -0.4 is 10.1 Å². The first-order valence-electron chi connectivity index (χ1n) is 6.64. The van der Waals surface area contributed by atoms with Gasteiger partial charge in [0.05, 0.1) is 19.3 Å². The van der Waals surface area contributed by atoms with E-state index >= 15 is 0 Å². The van der Waals surface area contributed by atoms with Crippen LogP contribution in [0.15, 0.2) is 28.9 Å². The molecule has 1 aromatic carbocycles. The van der Waals surface area contributed by atoms with Gasteiger partial charge < -0.3 is 10.1 Å². The van der Waals surface area contributed by atoms with Gasteiger partial charge in [-0.25, -0.2) is 0 Å². The number of ether oxygens (including phenoxy) is 1. The lowest BCUT2D eigenvalue weighted by molar-refractivity contribution is 0.401. The predicted octanol–water partition coefficient (Wildman–Crippen LogP) is 3.20. The first-order chi connectivity index (χ1) is 9.60. The molecular formula is C15H20BrN3O.